The lowest BCUT2D eigenvalue weighted by molar-refractivity contribution is 0.628. The number of rotatable bonds is 3. The van der Waals surface area contributed by atoms with Crippen LogP contribution in [-0.4, -0.2) is 7.05 Å². The number of hydrogen-bond acceptors (Lipinski definition) is 2. The molecule has 2 nitrogen and oxygen atoms in total. The van der Waals surface area contributed by atoms with Gasteiger partial charge in [0.2, 0.25) is 0 Å². The maximum Gasteiger partial charge on any atom is 0.127 e. The Morgan fingerprint density at radius 1 is 1.22 bits per heavy atom. The summed E-state index contributed by atoms with van der Waals surface area (Å²) in [5.74, 6) is -0.331. The van der Waals surface area contributed by atoms with Crippen molar-refractivity contribution in [1.82, 2.24) is 0 Å². The largest absolute Gasteiger partial charge is 0.399 e. The average Bonchev–Trinajstić information content (AvgIpc) is 2.27. The summed E-state index contributed by atoms with van der Waals surface area (Å²) in [7, 11) is 1.88. The van der Waals surface area contributed by atoms with Crippen LogP contribution in [0.15, 0.2) is 42.5 Å². The number of halogens is 2. The molecule has 0 spiro atoms. The zero-order valence-electron chi connectivity index (χ0n) is 10.0. The van der Waals surface area contributed by atoms with Gasteiger partial charge in [-0.2, -0.15) is 0 Å². The van der Waals surface area contributed by atoms with Crippen molar-refractivity contribution >= 4 is 23.0 Å². The van der Waals surface area contributed by atoms with Crippen molar-refractivity contribution in [1.29, 1.82) is 0 Å². The topological polar surface area (TPSA) is 29.3 Å². The van der Waals surface area contributed by atoms with Crippen molar-refractivity contribution < 1.29 is 4.39 Å². The predicted octanol–water partition coefficient (Wildman–Crippen LogP) is 3.70. The monoisotopic (exact) mass is 264 g/mol. The molecule has 2 rings (SSSR count). The lowest BCUT2D eigenvalue weighted by Gasteiger charge is -2.20. The van der Waals surface area contributed by atoms with Crippen LogP contribution in [0.4, 0.5) is 15.8 Å². The molecule has 0 radical (unpaired) electrons. The molecule has 0 heterocycles. The Labute approximate surface area is 111 Å². The summed E-state index contributed by atoms with van der Waals surface area (Å²) >= 11 is 5.93. The molecule has 18 heavy (non-hydrogen) atoms. The van der Waals surface area contributed by atoms with E-state index in [0.29, 0.717) is 17.3 Å². The van der Waals surface area contributed by atoms with E-state index in [9.17, 15) is 4.39 Å². The summed E-state index contributed by atoms with van der Waals surface area (Å²) < 4.78 is 13.3. The molecule has 0 aromatic heterocycles. The average molecular weight is 265 g/mol. The lowest BCUT2D eigenvalue weighted by atomic mass is 10.2. The van der Waals surface area contributed by atoms with E-state index in [2.05, 4.69) is 0 Å². The lowest BCUT2D eigenvalue weighted by Crippen LogP contribution is -2.16. The second kappa shape index (κ2) is 5.27. The molecule has 0 aliphatic rings. The van der Waals surface area contributed by atoms with Gasteiger partial charge in [-0.3, -0.25) is 0 Å². The minimum Gasteiger partial charge on any atom is -0.399 e. The molecule has 2 aromatic rings. The summed E-state index contributed by atoms with van der Waals surface area (Å²) in [6.45, 7) is 0.642. The molecule has 0 aliphatic heterocycles. The second-order valence-corrected chi connectivity index (χ2v) is 4.67. The van der Waals surface area contributed by atoms with Crippen molar-refractivity contribution in [2.75, 3.05) is 17.7 Å². The fourth-order valence-electron chi connectivity index (χ4n) is 1.82. The molecule has 0 saturated heterocycles. The third-order valence-corrected chi connectivity index (χ3v) is 2.89. The van der Waals surface area contributed by atoms with Crippen molar-refractivity contribution in [3.05, 3.63) is 58.9 Å². The summed E-state index contributed by atoms with van der Waals surface area (Å²) in [5.41, 5.74) is 7.85. The standard InChI is InChI=1S/C14H14ClFN2/c1-18(9-10-3-2-4-11(15)5-10)14-7-12(16)6-13(17)8-14/h2-8H,9,17H2,1H3. The molecule has 94 valence electrons. The molecule has 2 aromatic carbocycles. The zero-order chi connectivity index (χ0) is 13.1. The van der Waals surface area contributed by atoms with E-state index < -0.39 is 0 Å². The van der Waals surface area contributed by atoms with E-state index in [0.717, 1.165) is 11.3 Å². The first-order valence-corrected chi connectivity index (χ1v) is 5.94. The molecule has 0 bridgehead atoms. The molecule has 0 unspecified atom stereocenters. The van der Waals surface area contributed by atoms with Gasteiger partial charge in [0.25, 0.3) is 0 Å². The van der Waals surface area contributed by atoms with Crippen LogP contribution in [0.5, 0.6) is 0 Å². The fraction of sp³-hybridized carbons (Fsp3) is 0.143. The van der Waals surface area contributed by atoms with Gasteiger partial charge in [0.15, 0.2) is 0 Å². The Morgan fingerprint density at radius 2 is 2.00 bits per heavy atom. The first kappa shape index (κ1) is 12.7. The molecular weight excluding hydrogens is 251 g/mol. The van der Waals surface area contributed by atoms with Crippen molar-refractivity contribution in [3.8, 4) is 0 Å². The second-order valence-electron chi connectivity index (χ2n) is 4.23. The summed E-state index contributed by atoms with van der Waals surface area (Å²) in [6.07, 6.45) is 0. The highest BCUT2D eigenvalue weighted by Gasteiger charge is 2.05. The van der Waals surface area contributed by atoms with Crippen LogP contribution in [0, 0.1) is 5.82 Å². The van der Waals surface area contributed by atoms with Gasteiger partial charge in [-0.25, -0.2) is 4.39 Å². The van der Waals surface area contributed by atoms with Gasteiger partial charge in [0.1, 0.15) is 5.82 Å². The Hall–Kier alpha value is -1.74. The maximum absolute atomic E-state index is 13.3. The molecular formula is C14H14ClFN2. The van der Waals surface area contributed by atoms with Crippen LogP contribution in [0.1, 0.15) is 5.56 Å². The number of benzene rings is 2. The van der Waals surface area contributed by atoms with Crippen molar-refractivity contribution in [2.45, 2.75) is 6.54 Å². The van der Waals surface area contributed by atoms with Crippen LogP contribution in [0.2, 0.25) is 5.02 Å². The number of nitrogens with two attached hydrogens (primary N) is 1. The zero-order valence-corrected chi connectivity index (χ0v) is 10.8. The highest BCUT2D eigenvalue weighted by Crippen LogP contribution is 2.21. The van der Waals surface area contributed by atoms with E-state index in [-0.39, 0.29) is 5.82 Å². The number of anilines is 2. The highest BCUT2D eigenvalue weighted by molar-refractivity contribution is 6.30. The number of hydrogen-bond donors (Lipinski definition) is 1. The first-order chi connectivity index (χ1) is 8.54. The molecule has 0 saturated carbocycles. The summed E-state index contributed by atoms with van der Waals surface area (Å²) in [5, 5.41) is 0.694. The van der Waals surface area contributed by atoms with Crippen LogP contribution in [0.3, 0.4) is 0 Å². The van der Waals surface area contributed by atoms with Crippen LogP contribution in [0.25, 0.3) is 0 Å². The Kier molecular flexibility index (Phi) is 3.72. The predicted molar refractivity (Wildman–Crippen MR) is 74.4 cm³/mol. The number of nitrogens with zero attached hydrogens (tertiary/aromatic N) is 1. The maximum atomic E-state index is 13.3. The van der Waals surface area contributed by atoms with Gasteiger partial charge in [0.05, 0.1) is 0 Å². The normalized spacial score (nSPS) is 10.4. The van der Waals surface area contributed by atoms with Gasteiger partial charge in [-0.15, -0.1) is 0 Å². The molecule has 0 atom stereocenters. The quantitative estimate of drug-likeness (QED) is 0.857. The van der Waals surface area contributed by atoms with E-state index in [4.69, 9.17) is 17.3 Å². The summed E-state index contributed by atoms with van der Waals surface area (Å²) in [6, 6.07) is 12.1. The third kappa shape index (κ3) is 3.14. The summed E-state index contributed by atoms with van der Waals surface area (Å²) in [4.78, 5) is 1.92. The molecule has 0 amide bonds. The molecule has 0 aliphatic carbocycles. The van der Waals surface area contributed by atoms with E-state index in [1.54, 1.807) is 6.07 Å². The van der Waals surface area contributed by atoms with Gasteiger partial charge < -0.3 is 10.6 Å². The first-order valence-electron chi connectivity index (χ1n) is 5.56. The Balaban J connectivity index is 2.19. The number of nitrogen functional groups attached to an aromatic ring is 1. The minimum atomic E-state index is -0.331. The Morgan fingerprint density at radius 3 is 2.67 bits per heavy atom. The van der Waals surface area contributed by atoms with Gasteiger partial charge in [0, 0.05) is 30.0 Å². The van der Waals surface area contributed by atoms with Crippen LogP contribution in [-0.2, 0) is 6.54 Å². The van der Waals surface area contributed by atoms with Gasteiger partial charge in [-0.1, -0.05) is 23.7 Å². The molecule has 0 fully saturated rings. The molecule has 2 N–H and O–H groups in total. The smallest absolute Gasteiger partial charge is 0.127 e. The van der Waals surface area contributed by atoms with Crippen LogP contribution < -0.4 is 10.6 Å². The minimum absolute atomic E-state index is 0.331. The van der Waals surface area contributed by atoms with E-state index >= 15 is 0 Å². The van der Waals surface area contributed by atoms with Crippen molar-refractivity contribution in [2.24, 2.45) is 0 Å². The SMILES string of the molecule is CN(Cc1cccc(Cl)c1)c1cc(N)cc(F)c1. The van der Waals surface area contributed by atoms with Gasteiger partial charge >= 0.3 is 0 Å². The Bertz CT molecular complexity index is 537. The highest BCUT2D eigenvalue weighted by atomic mass is 35.5. The van der Waals surface area contributed by atoms with Crippen molar-refractivity contribution in [3.63, 3.8) is 0 Å². The van der Waals surface area contributed by atoms with Crippen LogP contribution >= 0.6 is 11.6 Å². The van der Waals surface area contributed by atoms with E-state index in [1.807, 2.05) is 36.2 Å². The van der Waals surface area contributed by atoms with Gasteiger partial charge in [-0.05, 0) is 35.9 Å². The van der Waals surface area contributed by atoms with E-state index in [1.165, 1.54) is 12.1 Å². The fourth-order valence-corrected chi connectivity index (χ4v) is 2.03. The molecule has 4 heteroatoms. The third-order valence-electron chi connectivity index (χ3n) is 2.65.